The van der Waals surface area contributed by atoms with E-state index in [9.17, 15) is 4.39 Å². The molecule has 2 rings (SSSR count). The third-order valence-corrected chi connectivity index (χ3v) is 2.15. The van der Waals surface area contributed by atoms with E-state index in [1.807, 2.05) is 6.07 Å². The van der Waals surface area contributed by atoms with Gasteiger partial charge < -0.3 is 6.42 Å². The molecule has 0 unspecified atom stereocenters. The Morgan fingerprint density at radius 1 is 1.50 bits per heavy atom. The number of halogens is 2. The Bertz CT molecular complexity index is 284. The molecule has 1 fully saturated rings. The average Bonchev–Trinajstić information content (AvgIpc) is 2.77. The second-order valence-electron chi connectivity index (χ2n) is 2.75. The van der Waals surface area contributed by atoms with Gasteiger partial charge in [0.1, 0.15) is 5.82 Å². The fourth-order valence-electron chi connectivity index (χ4n) is 1.08. The van der Waals surface area contributed by atoms with Crippen LogP contribution in [0, 0.1) is 12.2 Å². The predicted molar refractivity (Wildman–Crippen MR) is 43.1 cm³/mol. The summed E-state index contributed by atoms with van der Waals surface area (Å²) < 4.78 is 12.8. The van der Waals surface area contributed by atoms with E-state index in [1.54, 1.807) is 6.07 Å². The molecule has 58 valence electrons. The van der Waals surface area contributed by atoms with Crippen LogP contribution in [0.25, 0.3) is 0 Å². The van der Waals surface area contributed by atoms with E-state index < -0.39 is 0 Å². The monoisotopic (exact) mass is 208 g/mol. The number of benzene rings is 1. The van der Waals surface area contributed by atoms with Crippen LogP contribution in [0.15, 0.2) is 18.2 Å². The van der Waals surface area contributed by atoms with Crippen LogP contribution >= 0.6 is 11.6 Å². The number of hydrogen-bond donors (Lipinski definition) is 0. The second-order valence-corrected chi connectivity index (χ2v) is 3.16. The van der Waals surface area contributed by atoms with Gasteiger partial charge in [0, 0.05) is 0 Å². The van der Waals surface area contributed by atoms with Crippen molar-refractivity contribution in [2.75, 3.05) is 0 Å². The van der Waals surface area contributed by atoms with Crippen LogP contribution in [0.1, 0.15) is 17.9 Å². The van der Waals surface area contributed by atoms with Crippen molar-refractivity contribution in [2.24, 2.45) is 0 Å². The van der Waals surface area contributed by atoms with Gasteiger partial charge in [-0.1, -0.05) is 23.2 Å². The van der Waals surface area contributed by atoms with Crippen LogP contribution in [0.2, 0.25) is 5.02 Å². The first-order chi connectivity index (χ1) is 5.27. The summed E-state index contributed by atoms with van der Waals surface area (Å²) in [6, 6.07) is 4.99. The smallest absolute Gasteiger partial charge is 0.325 e. The van der Waals surface area contributed by atoms with Gasteiger partial charge in [0.25, 0.3) is 0 Å². The molecular formula is C9H7ClFK. The largest absolute Gasteiger partial charge is 1.00 e. The molecule has 0 saturated heterocycles. The van der Waals surface area contributed by atoms with Gasteiger partial charge in [0.05, 0.1) is 5.02 Å². The van der Waals surface area contributed by atoms with Crippen molar-refractivity contribution in [2.45, 2.75) is 12.3 Å². The SMILES string of the molecule is Fc1cc([C@@H]2[CH-]C2)ccc1Cl.[K+]. The summed E-state index contributed by atoms with van der Waals surface area (Å²) in [6.07, 6.45) is 3.21. The molecule has 1 aliphatic rings. The van der Waals surface area contributed by atoms with Gasteiger partial charge in [0.2, 0.25) is 0 Å². The quantitative estimate of drug-likeness (QED) is 0.456. The summed E-state index contributed by atoms with van der Waals surface area (Å²) >= 11 is 5.52. The minimum atomic E-state index is -0.315. The topological polar surface area (TPSA) is 0 Å². The molecule has 0 radical (unpaired) electrons. The van der Waals surface area contributed by atoms with Crippen molar-refractivity contribution in [3.63, 3.8) is 0 Å². The summed E-state index contributed by atoms with van der Waals surface area (Å²) in [4.78, 5) is 0. The zero-order valence-corrected chi connectivity index (χ0v) is 10.7. The van der Waals surface area contributed by atoms with Crippen LogP contribution in [0.4, 0.5) is 4.39 Å². The van der Waals surface area contributed by atoms with Gasteiger partial charge in [0.15, 0.2) is 0 Å². The van der Waals surface area contributed by atoms with Crippen molar-refractivity contribution >= 4 is 11.6 Å². The summed E-state index contributed by atoms with van der Waals surface area (Å²) in [7, 11) is 0. The molecule has 1 aromatic rings. The van der Waals surface area contributed by atoms with E-state index in [2.05, 4.69) is 6.42 Å². The van der Waals surface area contributed by atoms with Gasteiger partial charge in [-0.2, -0.15) is 12.3 Å². The summed E-state index contributed by atoms with van der Waals surface area (Å²) in [6.45, 7) is 0. The van der Waals surface area contributed by atoms with E-state index in [0.717, 1.165) is 12.0 Å². The number of hydrogen-bond acceptors (Lipinski definition) is 0. The molecule has 1 saturated carbocycles. The van der Waals surface area contributed by atoms with Crippen molar-refractivity contribution in [3.8, 4) is 0 Å². The fraction of sp³-hybridized carbons (Fsp3) is 0.222. The predicted octanol–water partition coefficient (Wildman–Crippen LogP) is 0.175. The Balaban J connectivity index is 0.000000720. The Kier molecular flexibility index (Phi) is 4.21. The molecule has 12 heavy (non-hydrogen) atoms. The Morgan fingerprint density at radius 3 is 2.67 bits per heavy atom. The van der Waals surface area contributed by atoms with Gasteiger partial charge in [-0.05, 0) is 12.1 Å². The molecule has 0 bridgehead atoms. The first kappa shape index (κ1) is 11.2. The van der Waals surface area contributed by atoms with E-state index in [1.165, 1.54) is 6.07 Å². The Labute approximate surface area is 119 Å². The molecule has 0 N–H and O–H groups in total. The van der Waals surface area contributed by atoms with Crippen LogP contribution < -0.4 is 51.4 Å². The van der Waals surface area contributed by atoms with E-state index >= 15 is 0 Å². The van der Waals surface area contributed by atoms with Gasteiger partial charge >= 0.3 is 51.4 Å². The molecular weight excluding hydrogens is 202 g/mol. The minimum Gasteiger partial charge on any atom is -0.325 e. The number of rotatable bonds is 1. The molecule has 1 aliphatic carbocycles. The van der Waals surface area contributed by atoms with Crippen LogP contribution in [-0.4, -0.2) is 0 Å². The van der Waals surface area contributed by atoms with Crippen LogP contribution in [0.5, 0.6) is 0 Å². The Morgan fingerprint density at radius 2 is 2.17 bits per heavy atom. The molecule has 0 nitrogen and oxygen atoms in total. The first-order valence-corrected chi connectivity index (χ1v) is 3.93. The van der Waals surface area contributed by atoms with E-state index in [0.29, 0.717) is 5.92 Å². The van der Waals surface area contributed by atoms with Crippen LogP contribution in [-0.2, 0) is 0 Å². The van der Waals surface area contributed by atoms with Crippen LogP contribution in [0.3, 0.4) is 0 Å². The molecule has 0 amide bonds. The standard InChI is InChI=1S/C9H7ClF.K/c10-8-4-3-7(5-9(8)11)6-1-2-6;/h1,3-6H,2H2;/q-1;+1/t6-;/m1./s1. The van der Waals surface area contributed by atoms with E-state index in [-0.39, 0.29) is 62.2 Å². The molecule has 1 aromatic carbocycles. The third kappa shape index (κ3) is 2.53. The average molecular weight is 209 g/mol. The van der Waals surface area contributed by atoms with Crippen molar-refractivity contribution < 1.29 is 55.8 Å². The minimum absolute atomic E-state index is 0. The maximum absolute atomic E-state index is 12.8. The maximum atomic E-state index is 12.8. The van der Waals surface area contributed by atoms with Gasteiger partial charge in [-0.15, -0.1) is 0 Å². The van der Waals surface area contributed by atoms with Gasteiger partial charge in [-0.3, -0.25) is 0 Å². The fourth-order valence-corrected chi connectivity index (χ4v) is 1.20. The molecule has 3 heteroatoms. The molecule has 0 aromatic heterocycles. The van der Waals surface area contributed by atoms with E-state index in [4.69, 9.17) is 11.6 Å². The molecule has 0 aliphatic heterocycles. The van der Waals surface area contributed by atoms with Gasteiger partial charge in [-0.25, -0.2) is 4.39 Å². The zero-order valence-electron chi connectivity index (χ0n) is 6.85. The normalized spacial score (nSPS) is 20.0. The molecule has 0 heterocycles. The van der Waals surface area contributed by atoms with Crippen molar-refractivity contribution in [3.05, 3.63) is 41.0 Å². The van der Waals surface area contributed by atoms with Crippen molar-refractivity contribution in [1.29, 1.82) is 0 Å². The summed E-state index contributed by atoms with van der Waals surface area (Å²) in [5.74, 6) is 0.159. The molecule has 0 spiro atoms. The summed E-state index contributed by atoms with van der Waals surface area (Å²) in [5, 5.41) is 0.203. The Hall–Kier alpha value is 1.08. The zero-order chi connectivity index (χ0) is 7.84. The third-order valence-electron chi connectivity index (χ3n) is 1.84. The summed E-state index contributed by atoms with van der Waals surface area (Å²) in [5.41, 5.74) is 1.03. The first-order valence-electron chi connectivity index (χ1n) is 3.55. The maximum Gasteiger partial charge on any atom is 1.00 e. The van der Waals surface area contributed by atoms with Crippen molar-refractivity contribution in [1.82, 2.24) is 0 Å². The second kappa shape index (κ2) is 4.53. The molecule has 1 atom stereocenters.